The molecule has 0 amide bonds. The molecule has 0 saturated carbocycles. The molecule has 1 unspecified atom stereocenters. The molecule has 0 rings (SSSR count). The van der Waals surface area contributed by atoms with Crippen LogP contribution in [0.1, 0.15) is 12.8 Å². The Kier molecular flexibility index (Phi) is 6.88. The van der Waals surface area contributed by atoms with Gasteiger partial charge in [-0.2, -0.15) is 26.3 Å². The zero-order valence-corrected chi connectivity index (χ0v) is 11.2. The predicted molar refractivity (Wildman–Crippen MR) is 61.0 cm³/mol. The summed E-state index contributed by atoms with van der Waals surface area (Å²) in [6, 6.07) is 0. The number of hydrogen-bond acceptors (Lipinski definition) is 2. The largest absolute Gasteiger partial charge is 0.426 e. The maximum atomic E-state index is 13.1. The Morgan fingerprint density at radius 3 is 1.90 bits per heavy atom. The topological polar surface area (TPSA) is 18.5 Å². The number of allylic oxidation sites excluding steroid dienone is 2. The number of methoxy groups -OCH3 is 1. The van der Waals surface area contributed by atoms with Crippen LogP contribution in [0.25, 0.3) is 0 Å². The molecule has 0 aromatic rings. The highest BCUT2D eigenvalue weighted by atomic mass is 19.4. The summed E-state index contributed by atoms with van der Waals surface area (Å²) >= 11 is 0. The van der Waals surface area contributed by atoms with E-state index in [0.717, 1.165) is 13.2 Å². The molecule has 21 heavy (non-hydrogen) atoms. The molecule has 0 aliphatic heterocycles. The average Bonchev–Trinajstić information content (AvgIpc) is 2.25. The Labute approximate surface area is 117 Å². The van der Waals surface area contributed by atoms with E-state index in [4.69, 9.17) is 0 Å². The van der Waals surface area contributed by atoms with Crippen LogP contribution >= 0.6 is 0 Å². The van der Waals surface area contributed by atoms with Crippen molar-refractivity contribution in [3.63, 3.8) is 0 Å². The third-order valence-corrected chi connectivity index (χ3v) is 2.74. The van der Waals surface area contributed by atoms with Gasteiger partial charge in [0.1, 0.15) is 6.79 Å². The Hall–Kier alpha value is -1.09. The molecule has 0 heterocycles. The Bertz CT molecular complexity index is 346. The molecule has 124 valence electrons. The number of alkyl halides is 6. The third kappa shape index (κ3) is 4.44. The first kappa shape index (κ1) is 19.9. The van der Waals surface area contributed by atoms with Gasteiger partial charge < -0.3 is 9.47 Å². The van der Waals surface area contributed by atoms with Crippen LogP contribution < -0.4 is 0 Å². The lowest BCUT2D eigenvalue weighted by atomic mass is 9.80. The summed E-state index contributed by atoms with van der Waals surface area (Å²) < 4.78 is 99.8. The van der Waals surface area contributed by atoms with Gasteiger partial charge in [-0.1, -0.05) is 12.7 Å². The zero-order valence-electron chi connectivity index (χ0n) is 11.2. The summed E-state index contributed by atoms with van der Waals surface area (Å²) in [5.74, 6) is -3.62. The van der Waals surface area contributed by atoms with Gasteiger partial charge in [-0.05, 0) is 6.42 Å². The van der Waals surface area contributed by atoms with Crippen molar-refractivity contribution in [1.29, 1.82) is 0 Å². The van der Waals surface area contributed by atoms with Crippen LogP contribution in [-0.2, 0) is 9.47 Å². The summed E-state index contributed by atoms with van der Waals surface area (Å²) in [5.41, 5.74) is -4.57. The molecule has 0 spiro atoms. The molecule has 0 radical (unpaired) electrons. The van der Waals surface area contributed by atoms with Crippen LogP contribution in [0, 0.1) is 5.92 Å². The van der Waals surface area contributed by atoms with Gasteiger partial charge in [0.25, 0.3) is 5.60 Å². The third-order valence-electron chi connectivity index (χ3n) is 2.74. The molecule has 0 N–H and O–H groups in total. The van der Waals surface area contributed by atoms with Crippen molar-refractivity contribution in [2.24, 2.45) is 5.92 Å². The minimum atomic E-state index is -5.83. The van der Waals surface area contributed by atoms with Crippen molar-refractivity contribution < 1.29 is 40.2 Å². The molecule has 0 aromatic heterocycles. The maximum absolute atomic E-state index is 13.1. The van der Waals surface area contributed by atoms with Gasteiger partial charge in [0.15, 0.2) is 0 Å². The fraction of sp³-hybridized carbons (Fsp3) is 0.667. The highest BCUT2D eigenvalue weighted by Gasteiger charge is 2.75. The molecular formula is C12H15F7O2. The molecular weight excluding hydrogens is 309 g/mol. The highest BCUT2D eigenvalue weighted by Crippen LogP contribution is 2.53. The van der Waals surface area contributed by atoms with Gasteiger partial charge in [-0.25, -0.2) is 4.39 Å². The van der Waals surface area contributed by atoms with E-state index in [1.54, 1.807) is 0 Å². The molecule has 0 bridgehead atoms. The molecule has 0 aliphatic carbocycles. The summed E-state index contributed by atoms with van der Waals surface area (Å²) in [7, 11) is 0.869. The second kappa shape index (κ2) is 7.26. The van der Waals surface area contributed by atoms with Crippen LogP contribution in [0.15, 0.2) is 25.1 Å². The van der Waals surface area contributed by atoms with Crippen molar-refractivity contribution in [3.05, 3.63) is 25.1 Å². The van der Waals surface area contributed by atoms with E-state index >= 15 is 0 Å². The minimum Gasteiger partial charge on any atom is -0.359 e. The summed E-state index contributed by atoms with van der Waals surface area (Å²) in [4.78, 5) is 0. The van der Waals surface area contributed by atoms with Crippen LogP contribution in [0.4, 0.5) is 30.7 Å². The van der Waals surface area contributed by atoms with Crippen molar-refractivity contribution in [3.8, 4) is 0 Å². The van der Waals surface area contributed by atoms with Gasteiger partial charge in [-0.15, -0.1) is 6.58 Å². The van der Waals surface area contributed by atoms with Crippen molar-refractivity contribution in [2.45, 2.75) is 30.8 Å². The molecule has 0 saturated heterocycles. The maximum Gasteiger partial charge on any atom is 0.426 e. The molecule has 2 nitrogen and oxygen atoms in total. The van der Waals surface area contributed by atoms with Crippen molar-refractivity contribution in [2.75, 3.05) is 13.9 Å². The number of hydrogen-bond donors (Lipinski definition) is 0. The van der Waals surface area contributed by atoms with Crippen molar-refractivity contribution >= 4 is 0 Å². The van der Waals surface area contributed by atoms with E-state index in [-0.39, 0.29) is 0 Å². The number of ether oxygens (including phenoxy) is 2. The first-order valence-electron chi connectivity index (χ1n) is 5.64. The first-order valence-corrected chi connectivity index (χ1v) is 5.64. The minimum absolute atomic E-state index is 0.772. The lowest BCUT2D eigenvalue weighted by Gasteiger charge is -2.42. The van der Waals surface area contributed by atoms with E-state index in [0.29, 0.717) is 0 Å². The monoisotopic (exact) mass is 324 g/mol. The van der Waals surface area contributed by atoms with Crippen molar-refractivity contribution in [1.82, 2.24) is 0 Å². The van der Waals surface area contributed by atoms with E-state index < -0.39 is 49.3 Å². The molecule has 0 fully saturated rings. The lowest BCUT2D eigenvalue weighted by Crippen LogP contribution is -2.63. The fourth-order valence-electron chi connectivity index (χ4n) is 1.92. The predicted octanol–water partition coefficient (Wildman–Crippen LogP) is 4.54. The SMILES string of the molecule is C=CCC(CC(=C)F)C(OCOC)(C(F)(F)F)C(F)(F)F. The zero-order chi connectivity index (χ0) is 16.9. The molecule has 9 heteroatoms. The van der Waals surface area contributed by atoms with E-state index in [1.165, 1.54) is 0 Å². The Morgan fingerprint density at radius 1 is 1.14 bits per heavy atom. The van der Waals surface area contributed by atoms with E-state index in [2.05, 4.69) is 22.6 Å². The summed E-state index contributed by atoms with van der Waals surface area (Å²) in [5, 5.41) is 0. The van der Waals surface area contributed by atoms with Gasteiger partial charge in [0.2, 0.25) is 0 Å². The van der Waals surface area contributed by atoms with Crippen LogP contribution in [0.3, 0.4) is 0 Å². The van der Waals surface area contributed by atoms with Crippen LogP contribution in [0.5, 0.6) is 0 Å². The molecule has 0 aromatic carbocycles. The fourth-order valence-corrected chi connectivity index (χ4v) is 1.92. The van der Waals surface area contributed by atoms with Gasteiger partial charge >= 0.3 is 12.4 Å². The summed E-state index contributed by atoms with van der Waals surface area (Å²) in [6.45, 7) is 4.55. The van der Waals surface area contributed by atoms with Gasteiger partial charge in [-0.3, -0.25) is 0 Å². The Balaban J connectivity index is 6.02. The standard InChI is InChI=1S/C12H15F7O2/c1-4-5-9(6-8(2)13)10(11(14,15)16,12(17,18)19)21-7-20-3/h4,9H,1-2,5-7H2,3H3. The highest BCUT2D eigenvalue weighted by molar-refractivity contribution is 5.05. The lowest BCUT2D eigenvalue weighted by molar-refractivity contribution is -0.408. The van der Waals surface area contributed by atoms with Crippen LogP contribution in [0.2, 0.25) is 0 Å². The quantitative estimate of drug-likeness (QED) is 0.371. The van der Waals surface area contributed by atoms with E-state index in [9.17, 15) is 30.7 Å². The normalized spacial score (nSPS) is 14.9. The van der Waals surface area contributed by atoms with Gasteiger partial charge in [0.05, 0.1) is 5.83 Å². The Morgan fingerprint density at radius 2 is 1.62 bits per heavy atom. The van der Waals surface area contributed by atoms with Crippen LogP contribution in [-0.4, -0.2) is 31.9 Å². The summed E-state index contributed by atoms with van der Waals surface area (Å²) in [6.07, 6.45) is -12.8. The van der Waals surface area contributed by atoms with Gasteiger partial charge in [0, 0.05) is 19.4 Å². The second-order valence-electron chi connectivity index (χ2n) is 4.22. The average molecular weight is 324 g/mol. The smallest absolute Gasteiger partial charge is 0.359 e. The van der Waals surface area contributed by atoms with E-state index in [1.807, 2.05) is 0 Å². The first-order chi connectivity index (χ1) is 9.44. The molecule has 0 aliphatic rings. The number of rotatable bonds is 8. The number of halogens is 7. The second-order valence-corrected chi connectivity index (χ2v) is 4.22. The molecule has 1 atom stereocenters.